The highest BCUT2D eigenvalue weighted by Gasteiger charge is 2.34. The fourth-order valence-electron chi connectivity index (χ4n) is 4.31. The Morgan fingerprint density at radius 1 is 0.895 bits per heavy atom. The van der Waals surface area contributed by atoms with Gasteiger partial charge in [0.15, 0.2) is 0 Å². The number of amides is 2. The largest absolute Gasteiger partial charge is 0.480 e. The second-order valence-corrected chi connectivity index (χ2v) is 9.80. The number of aliphatic carboxylic acids is 1. The topological polar surface area (TPSA) is 150 Å². The summed E-state index contributed by atoms with van der Waals surface area (Å²) < 4.78 is 0.874. The second-order valence-electron chi connectivity index (χ2n) is 9.80. The van der Waals surface area contributed by atoms with Crippen LogP contribution in [0.5, 0.6) is 0 Å². The van der Waals surface area contributed by atoms with Crippen LogP contribution in [0.3, 0.4) is 0 Å². The van der Waals surface area contributed by atoms with Gasteiger partial charge in [-0.3, -0.25) is 14.4 Å². The van der Waals surface area contributed by atoms with Gasteiger partial charge < -0.3 is 20.7 Å². The third kappa shape index (κ3) is 6.37. The molecule has 3 rings (SSSR count). The number of benzene rings is 2. The number of carbonyl (C=O) groups is 3. The number of aromatic nitrogens is 2. The molecule has 38 heavy (non-hydrogen) atoms. The van der Waals surface area contributed by atoms with Gasteiger partial charge in [0, 0.05) is 6.42 Å². The number of fused-ring (bicyclic) bond motifs is 1. The van der Waals surface area contributed by atoms with Crippen molar-refractivity contribution in [2.45, 2.75) is 58.7 Å². The molecule has 0 aliphatic carbocycles. The van der Waals surface area contributed by atoms with Crippen LogP contribution in [-0.4, -0.2) is 44.5 Å². The summed E-state index contributed by atoms with van der Waals surface area (Å²) in [5.41, 5.74) is -0.325. The van der Waals surface area contributed by atoms with Gasteiger partial charge in [-0.1, -0.05) is 76.6 Å². The lowest BCUT2D eigenvalue weighted by molar-refractivity contribution is -0.144. The first-order chi connectivity index (χ1) is 18.0. The van der Waals surface area contributed by atoms with Gasteiger partial charge in [-0.05, 0) is 29.5 Å². The Morgan fingerprint density at radius 3 is 2.11 bits per heavy atom. The zero-order valence-electron chi connectivity index (χ0n) is 21.9. The van der Waals surface area contributed by atoms with Crippen molar-refractivity contribution >= 4 is 28.7 Å². The first-order valence-electron chi connectivity index (χ1n) is 12.7. The van der Waals surface area contributed by atoms with Gasteiger partial charge in [0.2, 0.25) is 11.8 Å². The Kier molecular flexibility index (Phi) is 9.22. The molecule has 10 nitrogen and oxygen atoms in total. The Hall–Kier alpha value is -4.21. The van der Waals surface area contributed by atoms with Gasteiger partial charge in [-0.25, -0.2) is 14.2 Å². The average Bonchev–Trinajstić information content (AvgIpc) is 2.89. The van der Waals surface area contributed by atoms with E-state index in [1.807, 2.05) is 13.0 Å². The van der Waals surface area contributed by atoms with Gasteiger partial charge in [-0.2, -0.15) is 0 Å². The molecule has 0 radical (unpaired) electrons. The third-order valence-electron chi connectivity index (χ3n) is 6.75. The van der Waals surface area contributed by atoms with E-state index in [0.717, 1.165) is 4.57 Å². The van der Waals surface area contributed by atoms with E-state index in [1.54, 1.807) is 69.3 Å². The van der Waals surface area contributed by atoms with Crippen molar-refractivity contribution in [2.24, 2.45) is 11.8 Å². The Bertz CT molecular complexity index is 1410. The van der Waals surface area contributed by atoms with Crippen molar-refractivity contribution in [2.75, 3.05) is 0 Å². The smallest absolute Gasteiger partial charge is 0.329 e. The Labute approximate surface area is 220 Å². The van der Waals surface area contributed by atoms with Crippen LogP contribution in [-0.2, 0) is 20.8 Å². The molecule has 1 heterocycles. The van der Waals surface area contributed by atoms with E-state index in [0.29, 0.717) is 17.5 Å². The van der Waals surface area contributed by atoms with Crippen LogP contribution in [0.4, 0.5) is 0 Å². The second kappa shape index (κ2) is 12.4. The van der Waals surface area contributed by atoms with E-state index in [-0.39, 0.29) is 17.7 Å². The molecule has 0 aliphatic rings. The molecule has 0 bridgehead atoms. The molecule has 0 saturated carbocycles. The zero-order valence-corrected chi connectivity index (χ0v) is 21.9. The SMILES string of the molecule is CCC(C)[C@H](NC(=O)[C@@H](NC(=O)[C@H](Cc1ccccc1)n1c(=O)[nH]c2ccccc2c1=O)C(C)C)C(=O)O. The number of para-hydroxylation sites is 1. The van der Waals surface area contributed by atoms with Crippen molar-refractivity contribution in [3.8, 4) is 0 Å². The Balaban J connectivity index is 2.01. The molecule has 0 spiro atoms. The number of aromatic amines is 1. The number of H-pyrrole nitrogens is 1. The van der Waals surface area contributed by atoms with Crippen molar-refractivity contribution < 1.29 is 19.5 Å². The summed E-state index contributed by atoms with van der Waals surface area (Å²) in [4.78, 5) is 67.7. The summed E-state index contributed by atoms with van der Waals surface area (Å²) in [5.74, 6) is -3.27. The fourth-order valence-corrected chi connectivity index (χ4v) is 4.31. The number of nitrogens with one attached hydrogen (secondary N) is 3. The average molecular weight is 523 g/mol. The van der Waals surface area contributed by atoms with Gasteiger partial charge in [0.05, 0.1) is 10.9 Å². The van der Waals surface area contributed by atoms with Gasteiger partial charge >= 0.3 is 11.7 Å². The Morgan fingerprint density at radius 2 is 1.50 bits per heavy atom. The molecule has 202 valence electrons. The number of carboxylic acids is 1. The molecule has 4 atom stereocenters. The maximum absolute atomic E-state index is 13.7. The van der Waals surface area contributed by atoms with Crippen molar-refractivity contribution in [1.29, 1.82) is 0 Å². The summed E-state index contributed by atoms with van der Waals surface area (Å²) in [7, 11) is 0. The van der Waals surface area contributed by atoms with Crippen LogP contribution in [0.2, 0.25) is 0 Å². The molecular formula is C28H34N4O6. The minimum atomic E-state index is -1.27. The third-order valence-corrected chi connectivity index (χ3v) is 6.75. The lowest BCUT2D eigenvalue weighted by atomic mass is 9.97. The number of carbonyl (C=O) groups excluding carboxylic acids is 2. The number of nitrogens with zero attached hydrogens (tertiary/aromatic N) is 1. The summed E-state index contributed by atoms with van der Waals surface area (Å²) in [6.07, 6.45) is 0.549. The van der Waals surface area contributed by atoms with Crippen LogP contribution >= 0.6 is 0 Å². The predicted molar refractivity (Wildman–Crippen MR) is 144 cm³/mol. The first-order valence-corrected chi connectivity index (χ1v) is 12.7. The molecule has 4 N–H and O–H groups in total. The molecule has 0 saturated heterocycles. The fraction of sp³-hybridized carbons (Fsp3) is 0.393. The molecule has 1 unspecified atom stereocenters. The summed E-state index contributed by atoms with van der Waals surface area (Å²) in [6.45, 7) is 6.97. The summed E-state index contributed by atoms with van der Waals surface area (Å²) in [5, 5.41) is 15.1. The van der Waals surface area contributed by atoms with E-state index < -0.39 is 53.1 Å². The normalized spacial score (nSPS) is 14.4. The molecule has 2 aromatic carbocycles. The maximum Gasteiger partial charge on any atom is 0.329 e. The molecular weight excluding hydrogens is 488 g/mol. The van der Waals surface area contributed by atoms with Crippen LogP contribution in [0.15, 0.2) is 64.2 Å². The molecule has 10 heteroatoms. The molecule has 1 aromatic heterocycles. The van der Waals surface area contributed by atoms with Gasteiger partial charge in [0.1, 0.15) is 18.1 Å². The molecule has 0 aliphatic heterocycles. The highest BCUT2D eigenvalue weighted by molar-refractivity contribution is 5.92. The minimum absolute atomic E-state index is 0.0189. The van der Waals surface area contributed by atoms with E-state index in [9.17, 15) is 29.1 Å². The molecule has 0 fully saturated rings. The summed E-state index contributed by atoms with van der Waals surface area (Å²) >= 11 is 0. The highest BCUT2D eigenvalue weighted by Crippen LogP contribution is 2.16. The quantitative estimate of drug-likeness (QED) is 0.303. The van der Waals surface area contributed by atoms with Gasteiger partial charge in [-0.15, -0.1) is 0 Å². The number of carboxylic acid groups (broad SMARTS) is 1. The molecule has 3 aromatic rings. The highest BCUT2D eigenvalue weighted by atomic mass is 16.4. The van der Waals surface area contributed by atoms with E-state index in [2.05, 4.69) is 15.6 Å². The van der Waals surface area contributed by atoms with Crippen LogP contribution < -0.4 is 21.9 Å². The van der Waals surface area contributed by atoms with Crippen LogP contribution in [0.25, 0.3) is 10.9 Å². The maximum atomic E-state index is 13.7. The van der Waals surface area contributed by atoms with Crippen molar-refractivity contribution in [1.82, 2.24) is 20.2 Å². The zero-order chi connectivity index (χ0) is 28.0. The predicted octanol–water partition coefficient (Wildman–Crippen LogP) is 2.23. The summed E-state index contributed by atoms with van der Waals surface area (Å²) in [6, 6.07) is 11.9. The van der Waals surface area contributed by atoms with E-state index in [4.69, 9.17) is 0 Å². The van der Waals surface area contributed by atoms with Crippen molar-refractivity contribution in [3.63, 3.8) is 0 Å². The lowest BCUT2D eigenvalue weighted by Gasteiger charge is -2.28. The van der Waals surface area contributed by atoms with Crippen LogP contribution in [0.1, 0.15) is 45.7 Å². The van der Waals surface area contributed by atoms with Crippen molar-refractivity contribution in [3.05, 3.63) is 81.0 Å². The minimum Gasteiger partial charge on any atom is -0.480 e. The number of rotatable bonds is 11. The van der Waals surface area contributed by atoms with Crippen LogP contribution in [0, 0.1) is 11.8 Å². The first kappa shape index (κ1) is 28.4. The van der Waals surface area contributed by atoms with E-state index in [1.165, 1.54) is 0 Å². The lowest BCUT2D eigenvalue weighted by Crippen LogP contribution is -2.57. The monoisotopic (exact) mass is 522 g/mol. The number of hydrogen-bond acceptors (Lipinski definition) is 5. The molecule has 2 amide bonds. The van der Waals surface area contributed by atoms with Gasteiger partial charge in [0.25, 0.3) is 5.56 Å². The number of hydrogen-bond donors (Lipinski definition) is 4. The van der Waals surface area contributed by atoms with E-state index >= 15 is 0 Å². The standard InChI is InChI=1S/C28H34N4O6/c1-5-17(4)23(27(36)37)31-25(34)22(16(2)3)30-24(33)21(15-18-11-7-6-8-12-18)32-26(35)19-13-9-10-14-20(19)29-28(32)38/h6-14,16-17,21-23H,5,15H2,1-4H3,(H,29,38)(H,30,33)(H,31,34)(H,36,37)/t17?,21-,22-,23-/m0/s1.